The van der Waals surface area contributed by atoms with Gasteiger partial charge in [0.25, 0.3) is 0 Å². The Balaban J connectivity index is 2.87. The molecular weight excluding hydrogens is 300 g/mol. The Morgan fingerprint density at radius 3 is 2.22 bits per heavy atom. The van der Waals surface area contributed by atoms with Crippen LogP contribution >= 0.6 is 0 Å². The first-order valence-electron chi connectivity index (χ1n) is 7.27. The second-order valence-electron chi connectivity index (χ2n) is 5.33. The normalized spacial score (nSPS) is 19.5. The van der Waals surface area contributed by atoms with Gasteiger partial charge < -0.3 is 14.2 Å². The van der Waals surface area contributed by atoms with Crippen molar-refractivity contribution in [2.75, 3.05) is 21.3 Å². The van der Waals surface area contributed by atoms with E-state index in [1.165, 1.54) is 21.3 Å². The average molecular weight is 322 g/mol. The summed E-state index contributed by atoms with van der Waals surface area (Å²) in [4.78, 5) is 35.7. The van der Waals surface area contributed by atoms with Crippen LogP contribution in [0.5, 0.6) is 0 Å². The Morgan fingerprint density at radius 2 is 1.74 bits per heavy atom. The Hall–Kier alpha value is -2.29. The monoisotopic (exact) mass is 322 g/mol. The van der Waals surface area contributed by atoms with E-state index in [1.807, 2.05) is 6.08 Å². The summed E-state index contributed by atoms with van der Waals surface area (Å²) >= 11 is 0. The third-order valence-corrected chi connectivity index (χ3v) is 3.91. The number of hydrogen-bond donors (Lipinski definition) is 0. The summed E-state index contributed by atoms with van der Waals surface area (Å²) in [7, 11) is 3.79. The molecule has 0 amide bonds. The van der Waals surface area contributed by atoms with E-state index in [1.54, 1.807) is 13.0 Å². The van der Waals surface area contributed by atoms with Gasteiger partial charge in [-0.2, -0.15) is 0 Å². The molecule has 6 nitrogen and oxygen atoms in total. The molecule has 0 aromatic rings. The van der Waals surface area contributed by atoms with Gasteiger partial charge in [-0.15, -0.1) is 11.8 Å². The van der Waals surface area contributed by atoms with Crippen LogP contribution in [-0.2, 0) is 28.6 Å². The Kier molecular flexibility index (Phi) is 6.83. The lowest BCUT2D eigenvalue weighted by Gasteiger charge is -2.24. The predicted molar refractivity (Wildman–Crippen MR) is 81.9 cm³/mol. The molecule has 0 saturated heterocycles. The predicted octanol–water partition coefficient (Wildman–Crippen LogP) is 1.49. The van der Waals surface area contributed by atoms with E-state index >= 15 is 0 Å². The van der Waals surface area contributed by atoms with Crippen molar-refractivity contribution in [2.24, 2.45) is 17.3 Å². The van der Waals surface area contributed by atoms with Gasteiger partial charge >= 0.3 is 17.9 Å². The molecule has 1 aliphatic rings. The fourth-order valence-corrected chi connectivity index (χ4v) is 2.39. The van der Waals surface area contributed by atoms with Gasteiger partial charge in [-0.3, -0.25) is 14.4 Å². The standard InChI is InChI=1S/C17H22O6/c1-5-6-9-17(15(19)22-3,16(20)23-4)10-7-8-12-11-13(12)14(18)21-2/h7-8,12-13H,9-11H2,1-4H3/b8-7+/t12-,13-/m0/s1. The van der Waals surface area contributed by atoms with Crippen molar-refractivity contribution >= 4 is 17.9 Å². The van der Waals surface area contributed by atoms with Crippen molar-refractivity contribution in [3.05, 3.63) is 12.2 Å². The maximum absolute atomic E-state index is 12.2. The number of carbonyl (C=O) groups excluding carboxylic acids is 3. The molecule has 1 saturated carbocycles. The first kappa shape index (κ1) is 18.8. The number of hydrogen-bond acceptors (Lipinski definition) is 6. The van der Waals surface area contributed by atoms with Gasteiger partial charge in [-0.25, -0.2) is 0 Å². The maximum Gasteiger partial charge on any atom is 0.324 e. The van der Waals surface area contributed by atoms with Crippen LogP contribution in [0.25, 0.3) is 0 Å². The van der Waals surface area contributed by atoms with Crippen LogP contribution in [0.4, 0.5) is 0 Å². The summed E-state index contributed by atoms with van der Waals surface area (Å²) in [6.07, 6.45) is 4.35. The van der Waals surface area contributed by atoms with E-state index < -0.39 is 17.4 Å². The Bertz CT molecular complexity index is 535. The highest BCUT2D eigenvalue weighted by molar-refractivity contribution is 6.00. The number of carbonyl (C=O) groups is 3. The zero-order valence-corrected chi connectivity index (χ0v) is 13.9. The summed E-state index contributed by atoms with van der Waals surface area (Å²) in [6, 6.07) is 0. The molecule has 0 aliphatic heterocycles. The van der Waals surface area contributed by atoms with E-state index in [9.17, 15) is 14.4 Å². The maximum atomic E-state index is 12.2. The van der Waals surface area contributed by atoms with E-state index in [0.717, 1.165) is 0 Å². The quantitative estimate of drug-likeness (QED) is 0.232. The van der Waals surface area contributed by atoms with Crippen molar-refractivity contribution in [1.29, 1.82) is 0 Å². The highest BCUT2D eigenvalue weighted by Gasteiger charge is 2.47. The first-order valence-corrected chi connectivity index (χ1v) is 7.27. The lowest BCUT2D eigenvalue weighted by Crippen LogP contribution is -2.40. The van der Waals surface area contributed by atoms with Crippen molar-refractivity contribution in [2.45, 2.75) is 26.2 Å². The second kappa shape index (κ2) is 8.37. The van der Waals surface area contributed by atoms with Crippen molar-refractivity contribution < 1.29 is 28.6 Å². The molecule has 0 N–H and O–H groups in total. The fourth-order valence-electron chi connectivity index (χ4n) is 2.39. The van der Waals surface area contributed by atoms with Crippen LogP contribution < -0.4 is 0 Å². The summed E-state index contributed by atoms with van der Waals surface area (Å²) in [5.41, 5.74) is -1.49. The zero-order valence-electron chi connectivity index (χ0n) is 13.9. The molecule has 0 unspecified atom stereocenters. The molecule has 2 atom stereocenters. The molecule has 0 radical (unpaired) electrons. The van der Waals surface area contributed by atoms with Crippen molar-refractivity contribution in [3.63, 3.8) is 0 Å². The van der Waals surface area contributed by atoms with Gasteiger partial charge in [0.05, 0.1) is 27.2 Å². The molecule has 6 heteroatoms. The molecule has 0 aromatic heterocycles. The van der Waals surface area contributed by atoms with Crippen molar-refractivity contribution in [3.8, 4) is 11.8 Å². The van der Waals surface area contributed by atoms with Crippen molar-refractivity contribution in [1.82, 2.24) is 0 Å². The fraction of sp³-hybridized carbons (Fsp3) is 0.588. The molecule has 0 spiro atoms. The van der Waals surface area contributed by atoms with Gasteiger partial charge in [0.2, 0.25) is 0 Å². The first-order chi connectivity index (χ1) is 11.0. The molecule has 126 valence electrons. The highest BCUT2D eigenvalue weighted by Crippen LogP contribution is 2.41. The van der Waals surface area contributed by atoms with Gasteiger partial charge in [0.15, 0.2) is 5.41 Å². The average Bonchev–Trinajstić information content (AvgIpc) is 3.35. The topological polar surface area (TPSA) is 78.9 Å². The van der Waals surface area contributed by atoms with Gasteiger partial charge in [0.1, 0.15) is 0 Å². The molecule has 0 aromatic carbocycles. The SMILES string of the molecule is CC#CCC(C/C=C/[C@H]1C[C@@H]1C(=O)OC)(C(=O)OC)C(=O)OC. The number of esters is 3. The lowest BCUT2D eigenvalue weighted by molar-refractivity contribution is -0.168. The van der Waals surface area contributed by atoms with E-state index in [4.69, 9.17) is 9.47 Å². The van der Waals surface area contributed by atoms with E-state index in [0.29, 0.717) is 6.42 Å². The van der Waals surface area contributed by atoms with Gasteiger partial charge in [-0.1, -0.05) is 12.2 Å². The smallest absolute Gasteiger partial charge is 0.324 e. The lowest BCUT2D eigenvalue weighted by atomic mass is 9.81. The number of methoxy groups -OCH3 is 3. The second-order valence-corrected chi connectivity index (χ2v) is 5.33. The molecule has 1 fully saturated rings. The summed E-state index contributed by atoms with van der Waals surface area (Å²) in [6.45, 7) is 1.63. The van der Waals surface area contributed by atoms with Crippen LogP contribution in [0, 0.1) is 29.1 Å². The minimum absolute atomic E-state index is 0.0122. The van der Waals surface area contributed by atoms with Crippen LogP contribution in [0.3, 0.4) is 0 Å². The molecule has 1 rings (SSSR count). The number of rotatable bonds is 7. The third-order valence-electron chi connectivity index (χ3n) is 3.91. The minimum Gasteiger partial charge on any atom is -0.469 e. The van der Waals surface area contributed by atoms with Crippen LogP contribution in [0.2, 0.25) is 0 Å². The van der Waals surface area contributed by atoms with Crippen LogP contribution in [0.1, 0.15) is 26.2 Å². The van der Waals surface area contributed by atoms with Crippen LogP contribution in [0.15, 0.2) is 12.2 Å². The summed E-state index contributed by atoms with van der Waals surface area (Å²) in [5, 5.41) is 0. The Labute approximate surface area is 136 Å². The Morgan fingerprint density at radius 1 is 1.13 bits per heavy atom. The zero-order chi connectivity index (χ0) is 17.5. The van der Waals surface area contributed by atoms with Crippen LogP contribution in [-0.4, -0.2) is 39.2 Å². The van der Waals surface area contributed by atoms with Gasteiger partial charge in [0, 0.05) is 6.42 Å². The highest BCUT2D eigenvalue weighted by atomic mass is 16.5. The molecular formula is C17H22O6. The largest absolute Gasteiger partial charge is 0.469 e. The molecule has 0 bridgehead atoms. The summed E-state index contributed by atoms with van der Waals surface area (Å²) < 4.78 is 14.2. The minimum atomic E-state index is -1.49. The van der Waals surface area contributed by atoms with E-state index in [-0.39, 0.29) is 30.6 Å². The molecule has 1 aliphatic carbocycles. The molecule has 23 heavy (non-hydrogen) atoms. The number of ether oxygens (including phenoxy) is 3. The van der Waals surface area contributed by atoms with E-state index in [2.05, 4.69) is 16.6 Å². The third kappa shape index (κ3) is 4.35. The van der Waals surface area contributed by atoms with Gasteiger partial charge in [-0.05, 0) is 25.7 Å². The number of allylic oxidation sites excluding steroid dienone is 2. The summed E-state index contributed by atoms with van der Waals surface area (Å²) in [5.74, 6) is 3.74. The molecule has 0 heterocycles.